The van der Waals surface area contributed by atoms with E-state index in [1.165, 1.54) is 0 Å². The molecule has 6 rings (SSSR count). The summed E-state index contributed by atoms with van der Waals surface area (Å²) in [5.74, 6) is 1.06. The number of nitrogens with zero attached hydrogens (tertiary/aromatic N) is 2. The summed E-state index contributed by atoms with van der Waals surface area (Å²) in [5.41, 5.74) is 0.973. The maximum Gasteiger partial charge on any atom is 0.335 e. The molecule has 4 aliphatic rings. The minimum Gasteiger partial charge on any atom is -0.478 e. The monoisotopic (exact) mass is 455 g/mol. The third kappa shape index (κ3) is 3.83. The van der Waals surface area contributed by atoms with E-state index in [1.54, 1.807) is 46.9 Å². The van der Waals surface area contributed by atoms with Gasteiger partial charge >= 0.3 is 5.97 Å². The second kappa shape index (κ2) is 8.23. The Hall–Kier alpha value is -2.32. The van der Waals surface area contributed by atoms with Crippen LogP contribution in [-0.4, -0.2) is 49.3 Å². The predicted molar refractivity (Wildman–Crippen MR) is 121 cm³/mol. The van der Waals surface area contributed by atoms with Gasteiger partial charge in [0.1, 0.15) is 5.03 Å². The standard InChI is InChI=1S/C24H29N3O4S/c1-2-7-32-22-19(13-25-27(22)18-5-3-15(4-6-18)23(29)30)21(28)26-20-16-8-14-9-17(20)12-24(31,10-14)11-16/h3-6,13-14,16-17,20,31H,2,7-12H2,1H3,(H,26,28)(H,29,30)/t14?,16-,17+,20-,24-. The van der Waals surface area contributed by atoms with Gasteiger partial charge in [-0.2, -0.15) is 5.10 Å². The maximum atomic E-state index is 13.4. The topological polar surface area (TPSA) is 104 Å². The number of hydrogen-bond acceptors (Lipinski definition) is 5. The van der Waals surface area contributed by atoms with Gasteiger partial charge in [0.25, 0.3) is 5.91 Å². The first-order valence-corrected chi connectivity index (χ1v) is 12.4. The molecule has 1 aromatic carbocycles. The van der Waals surface area contributed by atoms with E-state index in [4.69, 9.17) is 5.11 Å². The second-order valence-corrected chi connectivity index (χ2v) is 10.8. The number of hydrogen-bond donors (Lipinski definition) is 3. The maximum absolute atomic E-state index is 13.4. The van der Waals surface area contributed by atoms with E-state index in [-0.39, 0.29) is 17.5 Å². The van der Waals surface area contributed by atoms with Crippen LogP contribution in [0.15, 0.2) is 35.5 Å². The summed E-state index contributed by atoms with van der Waals surface area (Å²) in [6, 6.07) is 6.64. The number of carboxylic acids is 1. The molecule has 4 aliphatic carbocycles. The van der Waals surface area contributed by atoms with Crippen LogP contribution in [-0.2, 0) is 0 Å². The number of amides is 1. The van der Waals surface area contributed by atoms with Crippen molar-refractivity contribution < 1.29 is 19.8 Å². The summed E-state index contributed by atoms with van der Waals surface area (Å²) in [6.07, 6.45) is 7.26. The van der Waals surface area contributed by atoms with E-state index in [0.29, 0.717) is 23.3 Å². The summed E-state index contributed by atoms with van der Waals surface area (Å²) >= 11 is 1.59. The summed E-state index contributed by atoms with van der Waals surface area (Å²) in [5, 5.41) is 28.5. The Balaban J connectivity index is 1.39. The van der Waals surface area contributed by atoms with Gasteiger partial charge in [0, 0.05) is 6.04 Å². The molecule has 0 radical (unpaired) electrons. The Morgan fingerprint density at radius 1 is 1.19 bits per heavy atom. The molecule has 1 heterocycles. The lowest BCUT2D eigenvalue weighted by Gasteiger charge is -2.58. The molecule has 4 saturated carbocycles. The normalized spacial score (nSPS) is 30.4. The van der Waals surface area contributed by atoms with Gasteiger partial charge in [-0.15, -0.1) is 11.8 Å². The Kier molecular flexibility index (Phi) is 5.53. The van der Waals surface area contributed by atoms with Gasteiger partial charge in [0.05, 0.1) is 28.6 Å². The van der Waals surface area contributed by atoms with E-state index < -0.39 is 11.6 Å². The first-order chi connectivity index (χ1) is 15.4. The van der Waals surface area contributed by atoms with Crippen molar-refractivity contribution in [3.63, 3.8) is 0 Å². The molecule has 1 aromatic heterocycles. The quantitative estimate of drug-likeness (QED) is 0.550. The van der Waals surface area contributed by atoms with Crippen LogP contribution in [0.5, 0.6) is 0 Å². The number of aromatic nitrogens is 2. The number of rotatable bonds is 7. The highest BCUT2D eigenvalue weighted by atomic mass is 32.2. The molecule has 1 amide bonds. The first kappa shape index (κ1) is 21.5. The van der Waals surface area contributed by atoms with Crippen LogP contribution in [0.25, 0.3) is 5.69 Å². The molecule has 0 aliphatic heterocycles. The van der Waals surface area contributed by atoms with Crippen LogP contribution in [0.3, 0.4) is 0 Å². The van der Waals surface area contributed by atoms with E-state index in [1.807, 2.05) is 0 Å². The Morgan fingerprint density at radius 3 is 2.47 bits per heavy atom. The van der Waals surface area contributed by atoms with Gasteiger partial charge in [-0.1, -0.05) is 6.92 Å². The average molecular weight is 456 g/mol. The summed E-state index contributed by atoms with van der Waals surface area (Å²) in [7, 11) is 0. The van der Waals surface area contributed by atoms with Gasteiger partial charge < -0.3 is 15.5 Å². The molecule has 0 saturated heterocycles. The zero-order chi connectivity index (χ0) is 22.5. The number of carboxylic acid groups (broad SMARTS) is 1. The largest absolute Gasteiger partial charge is 0.478 e. The average Bonchev–Trinajstić information content (AvgIpc) is 3.17. The summed E-state index contributed by atoms with van der Waals surface area (Å²) in [4.78, 5) is 24.5. The highest BCUT2D eigenvalue weighted by molar-refractivity contribution is 7.99. The fraction of sp³-hybridized carbons (Fsp3) is 0.542. The lowest BCUT2D eigenvalue weighted by Crippen LogP contribution is -2.61. The van der Waals surface area contributed by atoms with E-state index in [2.05, 4.69) is 17.3 Å². The summed E-state index contributed by atoms with van der Waals surface area (Å²) in [6.45, 7) is 2.09. The molecule has 3 N–H and O–H groups in total. The van der Waals surface area contributed by atoms with Gasteiger partial charge in [0.15, 0.2) is 0 Å². The Bertz CT molecular complexity index is 1020. The fourth-order valence-electron chi connectivity index (χ4n) is 6.21. The smallest absolute Gasteiger partial charge is 0.335 e. The van der Waals surface area contributed by atoms with Crippen molar-refractivity contribution >= 4 is 23.6 Å². The minimum absolute atomic E-state index is 0.110. The van der Waals surface area contributed by atoms with Crippen molar-refractivity contribution in [3.05, 3.63) is 41.6 Å². The molecule has 5 atom stereocenters. The van der Waals surface area contributed by atoms with E-state index in [0.717, 1.165) is 55.0 Å². The van der Waals surface area contributed by atoms with Crippen LogP contribution in [0.2, 0.25) is 0 Å². The van der Waals surface area contributed by atoms with Crippen LogP contribution in [0.4, 0.5) is 0 Å². The molecule has 4 bridgehead atoms. The molecule has 0 spiro atoms. The van der Waals surface area contributed by atoms with Crippen molar-refractivity contribution in [2.75, 3.05) is 5.75 Å². The summed E-state index contributed by atoms with van der Waals surface area (Å²) < 4.78 is 1.72. The van der Waals surface area contributed by atoms with Gasteiger partial charge in [0.2, 0.25) is 0 Å². The number of benzene rings is 1. The lowest BCUT2D eigenvalue weighted by atomic mass is 9.52. The number of nitrogens with one attached hydrogen (secondary N) is 1. The third-order valence-corrected chi connectivity index (χ3v) is 8.59. The number of aromatic carboxylic acids is 1. The van der Waals surface area contributed by atoms with Crippen molar-refractivity contribution in [3.8, 4) is 5.69 Å². The fourth-order valence-corrected chi connectivity index (χ4v) is 7.18. The zero-order valence-corrected chi connectivity index (χ0v) is 19.0. The van der Waals surface area contributed by atoms with E-state index in [9.17, 15) is 14.7 Å². The van der Waals surface area contributed by atoms with Crippen molar-refractivity contribution in [1.29, 1.82) is 0 Å². The van der Waals surface area contributed by atoms with Crippen molar-refractivity contribution in [2.45, 2.75) is 62.1 Å². The predicted octanol–water partition coefficient (Wildman–Crippen LogP) is 3.74. The highest BCUT2D eigenvalue weighted by Gasteiger charge is 2.55. The highest BCUT2D eigenvalue weighted by Crippen LogP contribution is 2.55. The molecular weight excluding hydrogens is 426 g/mol. The van der Waals surface area contributed by atoms with Gasteiger partial charge in [-0.05, 0) is 86.3 Å². The molecule has 1 unspecified atom stereocenters. The van der Waals surface area contributed by atoms with Crippen molar-refractivity contribution in [1.82, 2.24) is 15.1 Å². The molecule has 2 aromatic rings. The van der Waals surface area contributed by atoms with Crippen molar-refractivity contribution in [2.24, 2.45) is 17.8 Å². The van der Waals surface area contributed by atoms with Gasteiger partial charge in [-0.25, -0.2) is 9.48 Å². The Labute approximate surface area is 191 Å². The van der Waals surface area contributed by atoms with Crippen LogP contribution < -0.4 is 5.32 Å². The first-order valence-electron chi connectivity index (χ1n) is 11.4. The SMILES string of the molecule is CCCSc1c(C(=O)N[C@@H]2[C@@H]3CC4C[C@H]2C[C@@](O)(C4)C3)cnn1-c1ccc(C(=O)O)cc1. The number of thioether (sulfide) groups is 1. The number of aliphatic hydroxyl groups is 1. The minimum atomic E-state index is -0.974. The lowest BCUT2D eigenvalue weighted by molar-refractivity contribution is -0.136. The molecule has 170 valence electrons. The van der Waals surface area contributed by atoms with Crippen LogP contribution in [0.1, 0.15) is 66.2 Å². The van der Waals surface area contributed by atoms with Crippen LogP contribution >= 0.6 is 11.8 Å². The van der Waals surface area contributed by atoms with E-state index >= 15 is 0 Å². The third-order valence-electron chi connectivity index (χ3n) is 7.31. The molecule has 4 fully saturated rings. The molecule has 8 heteroatoms. The number of carbonyl (C=O) groups is 2. The number of carbonyl (C=O) groups excluding carboxylic acids is 1. The molecular formula is C24H29N3O4S. The van der Waals surface area contributed by atoms with Gasteiger partial charge in [-0.3, -0.25) is 4.79 Å². The molecule has 32 heavy (non-hydrogen) atoms. The zero-order valence-electron chi connectivity index (χ0n) is 18.2. The molecule has 7 nitrogen and oxygen atoms in total. The second-order valence-electron chi connectivity index (χ2n) is 9.67. The van der Waals surface area contributed by atoms with Crippen LogP contribution in [0, 0.1) is 17.8 Å². The Morgan fingerprint density at radius 2 is 1.88 bits per heavy atom.